The second kappa shape index (κ2) is 7.19. The molecule has 0 radical (unpaired) electrons. The third-order valence-electron chi connectivity index (χ3n) is 3.66. The zero-order valence-corrected chi connectivity index (χ0v) is 13.4. The summed E-state index contributed by atoms with van der Waals surface area (Å²) in [6.45, 7) is 2.92. The molecule has 1 aliphatic heterocycles. The van der Waals surface area contributed by atoms with E-state index in [4.69, 9.17) is 0 Å². The van der Waals surface area contributed by atoms with Gasteiger partial charge in [0.15, 0.2) is 0 Å². The lowest BCUT2D eigenvalue weighted by atomic mass is 10.1. The molecule has 1 fully saturated rings. The van der Waals surface area contributed by atoms with Crippen LogP contribution in [-0.2, 0) is 20.6 Å². The standard InChI is InChI=1S/C15H21FN2O3S/c1-12(15(19)18-9-3-2-4-10-18)17-22(20,21)11-13-5-7-14(16)8-6-13/h5-8,12,17H,2-4,9-11H2,1H3/t12-/m1/s1. The molecule has 0 aromatic heterocycles. The summed E-state index contributed by atoms with van der Waals surface area (Å²) in [5.74, 6) is -0.879. The number of carbonyl (C=O) groups is 1. The highest BCUT2D eigenvalue weighted by Gasteiger charge is 2.25. The summed E-state index contributed by atoms with van der Waals surface area (Å²) < 4.78 is 39.4. The van der Waals surface area contributed by atoms with E-state index in [-0.39, 0.29) is 11.7 Å². The largest absolute Gasteiger partial charge is 0.341 e. The zero-order chi connectivity index (χ0) is 16.2. The maximum absolute atomic E-state index is 12.8. The summed E-state index contributed by atoms with van der Waals surface area (Å²) in [6.07, 6.45) is 3.02. The van der Waals surface area contributed by atoms with E-state index in [1.54, 1.807) is 11.8 Å². The van der Waals surface area contributed by atoms with Crippen LogP contribution in [0.1, 0.15) is 31.7 Å². The lowest BCUT2D eigenvalue weighted by Gasteiger charge is -2.29. The van der Waals surface area contributed by atoms with Gasteiger partial charge in [-0.1, -0.05) is 12.1 Å². The maximum atomic E-state index is 12.8. The van der Waals surface area contributed by atoms with E-state index in [1.165, 1.54) is 24.3 Å². The number of piperidine rings is 1. The average Bonchev–Trinajstić information content (AvgIpc) is 2.49. The Kier molecular flexibility index (Phi) is 5.52. The fourth-order valence-electron chi connectivity index (χ4n) is 2.55. The minimum Gasteiger partial charge on any atom is -0.341 e. The number of rotatable bonds is 5. The summed E-state index contributed by atoms with van der Waals surface area (Å²) in [5, 5.41) is 0. The van der Waals surface area contributed by atoms with Gasteiger partial charge in [0.05, 0.1) is 11.8 Å². The van der Waals surface area contributed by atoms with Crippen LogP contribution in [0.3, 0.4) is 0 Å². The van der Waals surface area contributed by atoms with Crippen molar-refractivity contribution in [3.05, 3.63) is 35.6 Å². The summed E-state index contributed by atoms with van der Waals surface area (Å²) in [6, 6.07) is 4.49. The highest BCUT2D eigenvalue weighted by atomic mass is 32.2. The Morgan fingerprint density at radius 1 is 1.23 bits per heavy atom. The molecule has 5 nitrogen and oxygen atoms in total. The van der Waals surface area contributed by atoms with Crippen LogP contribution >= 0.6 is 0 Å². The van der Waals surface area contributed by atoms with Crippen molar-refractivity contribution in [1.29, 1.82) is 0 Å². The smallest absolute Gasteiger partial charge is 0.240 e. The molecule has 1 aromatic rings. The minimum absolute atomic E-state index is 0.192. The van der Waals surface area contributed by atoms with Crippen LogP contribution in [0.2, 0.25) is 0 Å². The summed E-state index contributed by atoms with van der Waals surface area (Å²) in [5.41, 5.74) is 0.478. The zero-order valence-electron chi connectivity index (χ0n) is 12.6. The number of hydrogen-bond acceptors (Lipinski definition) is 3. The first-order valence-corrected chi connectivity index (χ1v) is 9.06. The van der Waals surface area contributed by atoms with E-state index in [9.17, 15) is 17.6 Å². The number of nitrogens with zero attached hydrogens (tertiary/aromatic N) is 1. The van der Waals surface area contributed by atoms with Gasteiger partial charge in [-0.2, -0.15) is 0 Å². The molecular weight excluding hydrogens is 307 g/mol. The number of nitrogens with one attached hydrogen (secondary N) is 1. The molecule has 1 aliphatic rings. The van der Waals surface area contributed by atoms with Crippen LogP contribution in [0.25, 0.3) is 0 Å². The van der Waals surface area contributed by atoms with Gasteiger partial charge in [-0.05, 0) is 43.9 Å². The van der Waals surface area contributed by atoms with Crippen LogP contribution in [0.5, 0.6) is 0 Å². The van der Waals surface area contributed by atoms with Crippen molar-refractivity contribution >= 4 is 15.9 Å². The lowest BCUT2D eigenvalue weighted by molar-refractivity contribution is -0.133. The van der Waals surface area contributed by atoms with E-state index < -0.39 is 21.9 Å². The second-order valence-corrected chi connectivity index (χ2v) is 7.36. The molecule has 122 valence electrons. The summed E-state index contributed by atoms with van der Waals surface area (Å²) >= 11 is 0. The van der Waals surface area contributed by atoms with Gasteiger partial charge in [0.2, 0.25) is 15.9 Å². The third kappa shape index (κ3) is 4.78. The molecule has 1 aromatic carbocycles. The Morgan fingerprint density at radius 3 is 2.41 bits per heavy atom. The van der Waals surface area contributed by atoms with Crippen LogP contribution in [0, 0.1) is 5.82 Å². The highest BCUT2D eigenvalue weighted by molar-refractivity contribution is 7.88. The number of likely N-dealkylation sites (tertiary alicyclic amines) is 1. The van der Waals surface area contributed by atoms with Gasteiger partial charge in [-0.25, -0.2) is 17.5 Å². The molecule has 2 rings (SSSR count). The number of benzene rings is 1. The van der Waals surface area contributed by atoms with Gasteiger partial charge < -0.3 is 4.90 Å². The highest BCUT2D eigenvalue weighted by Crippen LogP contribution is 2.11. The monoisotopic (exact) mass is 328 g/mol. The molecule has 0 unspecified atom stereocenters. The van der Waals surface area contributed by atoms with Crippen LogP contribution in [0.4, 0.5) is 4.39 Å². The number of halogens is 1. The molecule has 7 heteroatoms. The van der Waals surface area contributed by atoms with E-state index >= 15 is 0 Å². The van der Waals surface area contributed by atoms with E-state index in [1.807, 2.05) is 0 Å². The Labute approximate surface area is 130 Å². The molecule has 1 atom stereocenters. The molecule has 1 N–H and O–H groups in total. The number of carbonyl (C=O) groups excluding carboxylic acids is 1. The molecule has 0 saturated carbocycles. The van der Waals surface area contributed by atoms with Crippen LogP contribution in [-0.4, -0.2) is 38.4 Å². The van der Waals surface area contributed by atoms with Crippen molar-refractivity contribution in [3.8, 4) is 0 Å². The molecule has 1 amide bonds. The van der Waals surface area contributed by atoms with Gasteiger partial charge >= 0.3 is 0 Å². The van der Waals surface area contributed by atoms with Crippen molar-refractivity contribution in [2.24, 2.45) is 0 Å². The summed E-state index contributed by atoms with van der Waals surface area (Å²) in [7, 11) is -3.65. The topological polar surface area (TPSA) is 66.5 Å². The number of hydrogen-bond donors (Lipinski definition) is 1. The van der Waals surface area contributed by atoms with Gasteiger partial charge in [0.25, 0.3) is 0 Å². The SMILES string of the molecule is C[C@@H](NS(=O)(=O)Cc1ccc(F)cc1)C(=O)N1CCCCC1. The Balaban J connectivity index is 1.95. The number of amides is 1. The lowest BCUT2D eigenvalue weighted by Crippen LogP contribution is -2.48. The van der Waals surface area contributed by atoms with Gasteiger partial charge in [0.1, 0.15) is 5.82 Å². The Hall–Kier alpha value is -1.47. The van der Waals surface area contributed by atoms with Crippen molar-refractivity contribution in [2.75, 3.05) is 13.1 Å². The van der Waals surface area contributed by atoms with E-state index in [0.29, 0.717) is 18.7 Å². The van der Waals surface area contributed by atoms with Crippen molar-refractivity contribution in [2.45, 2.75) is 38.0 Å². The fourth-order valence-corrected chi connectivity index (χ4v) is 3.90. The first kappa shape index (κ1) is 16.9. The third-order valence-corrected chi connectivity index (χ3v) is 5.09. The van der Waals surface area contributed by atoms with Gasteiger partial charge in [-0.3, -0.25) is 4.79 Å². The quantitative estimate of drug-likeness (QED) is 0.894. The second-order valence-electron chi connectivity index (χ2n) is 5.61. The first-order chi connectivity index (χ1) is 10.4. The molecule has 1 saturated heterocycles. The van der Waals surface area contributed by atoms with Crippen molar-refractivity contribution < 1.29 is 17.6 Å². The van der Waals surface area contributed by atoms with Crippen molar-refractivity contribution in [3.63, 3.8) is 0 Å². The van der Waals surface area contributed by atoms with Crippen LogP contribution < -0.4 is 4.72 Å². The Bertz CT molecular complexity index is 610. The van der Waals surface area contributed by atoms with Crippen LogP contribution in [0.15, 0.2) is 24.3 Å². The molecule has 22 heavy (non-hydrogen) atoms. The molecule has 0 aliphatic carbocycles. The molecule has 0 bridgehead atoms. The first-order valence-electron chi connectivity index (χ1n) is 7.40. The fraction of sp³-hybridized carbons (Fsp3) is 0.533. The molecular formula is C15H21FN2O3S. The normalized spacial score (nSPS) is 17.3. The molecule has 1 heterocycles. The maximum Gasteiger partial charge on any atom is 0.240 e. The van der Waals surface area contributed by atoms with Gasteiger partial charge in [0, 0.05) is 13.1 Å². The number of sulfonamides is 1. The summed E-state index contributed by atoms with van der Waals surface area (Å²) in [4.78, 5) is 13.9. The predicted molar refractivity (Wildman–Crippen MR) is 82.1 cm³/mol. The van der Waals surface area contributed by atoms with E-state index in [2.05, 4.69) is 4.72 Å². The predicted octanol–water partition coefficient (Wildman–Crippen LogP) is 1.65. The molecule has 0 spiro atoms. The minimum atomic E-state index is -3.65. The van der Waals surface area contributed by atoms with Gasteiger partial charge in [-0.15, -0.1) is 0 Å². The van der Waals surface area contributed by atoms with E-state index in [0.717, 1.165) is 19.3 Å². The van der Waals surface area contributed by atoms with Crippen molar-refractivity contribution in [1.82, 2.24) is 9.62 Å². The Morgan fingerprint density at radius 2 is 1.82 bits per heavy atom. The average molecular weight is 328 g/mol.